The maximum absolute atomic E-state index is 12.2. The van der Waals surface area contributed by atoms with E-state index in [1.165, 1.54) is 18.2 Å². The number of hydrogen-bond acceptors (Lipinski definition) is 2. The molecule has 0 amide bonds. The highest BCUT2D eigenvalue weighted by Gasteiger charge is 2.40. The fourth-order valence-corrected chi connectivity index (χ4v) is 1.16. The topological polar surface area (TPSA) is 26.3 Å². The van der Waals surface area contributed by atoms with Crippen LogP contribution in [0.3, 0.4) is 0 Å². The third-order valence-corrected chi connectivity index (χ3v) is 1.75. The number of hydrogen-bond donors (Lipinski definition) is 0. The van der Waals surface area contributed by atoms with Crippen LogP contribution in [-0.2, 0) is 0 Å². The zero-order valence-electron chi connectivity index (χ0n) is 8.84. The summed E-state index contributed by atoms with van der Waals surface area (Å²) in [6, 6.07) is 5.34. The number of para-hydroxylation sites is 1. The molecule has 0 atom stereocenters. The van der Waals surface area contributed by atoms with Crippen LogP contribution in [0.2, 0.25) is 0 Å². The molecule has 0 fully saturated rings. The van der Waals surface area contributed by atoms with Gasteiger partial charge in [-0.05, 0) is 26.0 Å². The van der Waals surface area contributed by atoms with Crippen LogP contribution in [-0.4, -0.2) is 18.1 Å². The first kappa shape index (κ1) is 12.5. The molecule has 0 aliphatic rings. The minimum atomic E-state index is -4.88. The van der Waals surface area contributed by atoms with Crippen LogP contribution in [0.5, 0.6) is 5.75 Å². The third-order valence-electron chi connectivity index (χ3n) is 1.75. The molecule has 5 heteroatoms. The lowest BCUT2D eigenvalue weighted by Crippen LogP contribution is -2.24. The summed E-state index contributed by atoms with van der Waals surface area (Å²) in [6.07, 6.45) is -5.17. The number of carbonyl (C=O) groups excluding carboxylic acids is 1. The predicted octanol–water partition coefficient (Wildman–Crippen LogP) is 3.22. The normalized spacial score (nSPS) is 11.6. The van der Waals surface area contributed by atoms with Gasteiger partial charge in [-0.3, -0.25) is 4.79 Å². The molecule has 0 N–H and O–H groups in total. The second-order valence-corrected chi connectivity index (χ2v) is 3.49. The molecule has 0 saturated heterocycles. The standard InChI is InChI=1S/C11H11F3O2/c1-7(2)16-9-6-4-3-5-8(9)10(15)11(12,13)14/h3-7H,1-2H3. The smallest absolute Gasteiger partial charge is 0.455 e. The Labute approximate surface area is 91.0 Å². The van der Waals surface area contributed by atoms with E-state index in [-0.39, 0.29) is 11.9 Å². The lowest BCUT2D eigenvalue weighted by molar-refractivity contribution is -0.0887. The Morgan fingerprint density at radius 1 is 1.25 bits per heavy atom. The van der Waals surface area contributed by atoms with E-state index in [9.17, 15) is 18.0 Å². The van der Waals surface area contributed by atoms with Gasteiger partial charge in [-0.25, -0.2) is 0 Å². The molecule has 0 radical (unpaired) electrons. The minimum absolute atomic E-state index is 0.0418. The van der Waals surface area contributed by atoms with Crippen molar-refractivity contribution in [3.8, 4) is 5.75 Å². The molecule has 0 heterocycles. The molecule has 1 aromatic carbocycles. The Bertz CT molecular complexity index is 383. The Balaban J connectivity index is 3.09. The van der Waals surface area contributed by atoms with Crippen LogP contribution >= 0.6 is 0 Å². The van der Waals surface area contributed by atoms with Crippen molar-refractivity contribution in [2.24, 2.45) is 0 Å². The van der Waals surface area contributed by atoms with E-state index in [0.29, 0.717) is 0 Å². The number of halogens is 3. The maximum atomic E-state index is 12.2. The number of alkyl halides is 3. The molecule has 0 aliphatic carbocycles. The van der Waals surface area contributed by atoms with Crippen molar-refractivity contribution in [3.05, 3.63) is 29.8 Å². The maximum Gasteiger partial charge on any atom is 0.455 e. The largest absolute Gasteiger partial charge is 0.490 e. The van der Waals surface area contributed by atoms with E-state index in [0.717, 1.165) is 6.07 Å². The summed E-state index contributed by atoms with van der Waals surface area (Å²) in [7, 11) is 0. The average Bonchev–Trinajstić information content (AvgIpc) is 2.15. The number of Topliss-reactive ketones (excluding diaryl/α,β-unsaturated/α-hetero) is 1. The van der Waals surface area contributed by atoms with Crippen molar-refractivity contribution in [2.75, 3.05) is 0 Å². The van der Waals surface area contributed by atoms with Crippen molar-refractivity contribution >= 4 is 5.78 Å². The van der Waals surface area contributed by atoms with E-state index < -0.39 is 17.5 Å². The van der Waals surface area contributed by atoms with E-state index in [4.69, 9.17) is 4.74 Å². The first-order chi connectivity index (χ1) is 7.32. The van der Waals surface area contributed by atoms with Gasteiger partial charge in [-0.1, -0.05) is 12.1 Å². The number of rotatable bonds is 3. The third kappa shape index (κ3) is 2.98. The number of benzene rings is 1. The van der Waals surface area contributed by atoms with Crippen LogP contribution in [0.25, 0.3) is 0 Å². The van der Waals surface area contributed by atoms with Gasteiger partial charge < -0.3 is 4.74 Å². The van der Waals surface area contributed by atoms with Crippen LogP contribution in [0.15, 0.2) is 24.3 Å². The average molecular weight is 232 g/mol. The van der Waals surface area contributed by atoms with Gasteiger partial charge in [0.15, 0.2) is 0 Å². The molecule has 0 aromatic heterocycles. The van der Waals surface area contributed by atoms with Gasteiger partial charge in [0.25, 0.3) is 5.78 Å². The number of ketones is 1. The second kappa shape index (κ2) is 4.55. The Morgan fingerprint density at radius 2 is 1.81 bits per heavy atom. The van der Waals surface area contributed by atoms with E-state index in [1.807, 2.05) is 0 Å². The minimum Gasteiger partial charge on any atom is -0.490 e. The summed E-state index contributed by atoms with van der Waals surface area (Å²) < 4.78 is 41.9. The lowest BCUT2D eigenvalue weighted by atomic mass is 10.1. The summed E-state index contributed by atoms with van der Waals surface area (Å²) in [5.41, 5.74) is -0.455. The summed E-state index contributed by atoms with van der Waals surface area (Å²) in [5, 5.41) is 0. The second-order valence-electron chi connectivity index (χ2n) is 3.49. The molecule has 0 unspecified atom stereocenters. The highest BCUT2D eigenvalue weighted by atomic mass is 19.4. The zero-order chi connectivity index (χ0) is 12.3. The van der Waals surface area contributed by atoms with Gasteiger partial charge in [-0.15, -0.1) is 0 Å². The van der Waals surface area contributed by atoms with E-state index in [1.54, 1.807) is 13.8 Å². The molecule has 1 rings (SSSR count). The fourth-order valence-electron chi connectivity index (χ4n) is 1.16. The van der Waals surface area contributed by atoms with Gasteiger partial charge >= 0.3 is 6.18 Å². The number of ether oxygens (including phenoxy) is 1. The molecular formula is C11H11F3O2. The summed E-state index contributed by atoms with van der Waals surface area (Å²) in [4.78, 5) is 11.1. The summed E-state index contributed by atoms with van der Waals surface area (Å²) in [6.45, 7) is 3.35. The van der Waals surface area contributed by atoms with E-state index >= 15 is 0 Å². The van der Waals surface area contributed by atoms with Gasteiger partial charge in [0.2, 0.25) is 0 Å². The molecule has 1 aromatic rings. The van der Waals surface area contributed by atoms with Crippen LogP contribution in [0.1, 0.15) is 24.2 Å². The lowest BCUT2D eigenvalue weighted by Gasteiger charge is -2.14. The molecule has 0 bridgehead atoms. The van der Waals surface area contributed by atoms with Crippen molar-refractivity contribution in [2.45, 2.75) is 26.1 Å². The van der Waals surface area contributed by atoms with E-state index in [2.05, 4.69) is 0 Å². The SMILES string of the molecule is CC(C)Oc1ccccc1C(=O)C(F)(F)F. The Morgan fingerprint density at radius 3 is 2.31 bits per heavy atom. The van der Waals surface area contributed by atoms with Crippen molar-refractivity contribution in [1.82, 2.24) is 0 Å². The van der Waals surface area contributed by atoms with Gasteiger partial charge in [0, 0.05) is 0 Å². The molecule has 16 heavy (non-hydrogen) atoms. The van der Waals surface area contributed by atoms with Crippen LogP contribution < -0.4 is 4.74 Å². The monoisotopic (exact) mass is 232 g/mol. The highest BCUT2D eigenvalue weighted by molar-refractivity contribution is 6.02. The Kier molecular flexibility index (Phi) is 3.57. The first-order valence-electron chi connectivity index (χ1n) is 4.69. The summed E-state index contributed by atoms with van der Waals surface area (Å²) in [5.74, 6) is -1.93. The van der Waals surface area contributed by atoms with Crippen molar-refractivity contribution in [3.63, 3.8) is 0 Å². The van der Waals surface area contributed by atoms with Crippen molar-refractivity contribution in [1.29, 1.82) is 0 Å². The molecule has 2 nitrogen and oxygen atoms in total. The molecule has 0 saturated carbocycles. The van der Waals surface area contributed by atoms with Crippen molar-refractivity contribution < 1.29 is 22.7 Å². The van der Waals surface area contributed by atoms with Gasteiger partial charge in [0.1, 0.15) is 5.75 Å². The van der Waals surface area contributed by atoms with Crippen LogP contribution in [0, 0.1) is 0 Å². The molecule has 88 valence electrons. The first-order valence-corrected chi connectivity index (χ1v) is 4.69. The molecule has 0 aliphatic heterocycles. The quantitative estimate of drug-likeness (QED) is 0.748. The molecular weight excluding hydrogens is 221 g/mol. The molecule has 0 spiro atoms. The summed E-state index contributed by atoms with van der Waals surface area (Å²) >= 11 is 0. The van der Waals surface area contributed by atoms with Gasteiger partial charge in [0.05, 0.1) is 11.7 Å². The Hall–Kier alpha value is -1.52. The van der Waals surface area contributed by atoms with Gasteiger partial charge in [-0.2, -0.15) is 13.2 Å². The highest BCUT2D eigenvalue weighted by Crippen LogP contribution is 2.27. The fraction of sp³-hybridized carbons (Fsp3) is 0.364. The van der Waals surface area contributed by atoms with Crippen LogP contribution in [0.4, 0.5) is 13.2 Å². The zero-order valence-corrected chi connectivity index (χ0v) is 8.84. The number of carbonyl (C=O) groups is 1. The predicted molar refractivity (Wildman–Crippen MR) is 52.6 cm³/mol.